The normalized spacial score (nSPS) is 21.4. The van der Waals surface area contributed by atoms with Crippen molar-refractivity contribution >= 4 is 41.1 Å². The summed E-state index contributed by atoms with van der Waals surface area (Å²) < 4.78 is 0. The molecule has 9 heteroatoms. The molecule has 7 nitrogen and oxygen atoms in total. The molecule has 3 amide bonds. The molecular weight excluding hydrogens is 525 g/mol. The van der Waals surface area contributed by atoms with E-state index in [2.05, 4.69) is 19.2 Å². The number of carboxylic acids is 1. The van der Waals surface area contributed by atoms with Gasteiger partial charge in [0.15, 0.2) is 0 Å². The molecule has 1 aliphatic heterocycles. The maximum absolute atomic E-state index is 13.8. The van der Waals surface area contributed by atoms with Crippen LogP contribution in [-0.2, 0) is 17.9 Å². The molecule has 0 bridgehead atoms. The summed E-state index contributed by atoms with van der Waals surface area (Å²) in [6.45, 7) is 6.15. The second kappa shape index (κ2) is 12.0. The van der Waals surface area contributed by atoms with Crippen molar-refractivity contribution in [2.24, 2.45) is 11.8 Å². The summed E-state index contributed by atoms with van der Waals surface area (Å²) in [5.41, 5.74) is 2.03. The lowest BCUT2D eigenvalue weighted by atomic mass is 9.72. The largest absolute Gasteiger partial charge is 0.481 e. The lowest BCUT2D eigenvalue weighted by Crippen LogP contribution is -2.49. The van der Waals surface area contributed by atoms with Gasteiger partial charge in [0, 0.05) is 41.8 Å². The lowest BCUT2D eigenvalue weighted by molar-refractivity contribution is -0.136. The highest BCUT2D eigenvalue weighted by Crippen LogP contribution is 2.44. The molecule has 38 heavy (non-hydrogen) atoms. The lowest BCUT2D eigenvalue weighted by Gasteiger charge is -2.43. The van der Waals surface area contributed by atoms with E-state index in [0.29, 0.717) is 47.1 Å². The summed E-state index contributed by atoms with van der Waals surface area (Å²) in [5, 5.41) is 12.5. The fourth-order valence-corrected chi connectivity index (χ4v) is 6.17. The number of halogens is 2. The number of urea groups is 1. The Bertz CT molecular complexity index is 1180. The summed E-state index contributed by atoms with van der Waals surface area (Å²) in [6, 6.07) is 12.6. The molecule has 1 aliphatic carbocycles. The van der Waals surface area contributed by atoms with Crippen LogP contribution in [0.1, 0.15) is 67.4 Å². The van der Waals surface area contributed by atoms with Crippen molar-refractivity contribution in [2.75, 3.05) is 13.1 Å². The summed E-state index contributed by atoms with van der Waals surface area (Å²) in [4.78, 5) is 40.7. The van der Waals surface area contributed by atoms with E-state index in [1.54, 1.807) is 24.3 Å². The molecular formula is C29H35Cl2N3O4. The predicted octanol–water partition coefficient (Wildman–Crippen LogP) is 6.22. The zero-order chi connectivity index (χ0) is 27.4. The Morgan fingerprint density at radius 2 is 1.76 bits per heavy atom. The second-order valence-corrected chi connectivity index (χ2v) is 11.7. The first-order valence-electron chi connectivity index (χ1n) is 13.2. The van der Waals surface area contributed by atoms with Crippen molar-refractivity contribution in [3.63, 3.8) is 0 Å². The molecule has 204 valence electrons. The van der Waals surface area contributed by atoms with Gasteiger partial charge in [-0.25, -0.2) is 4.79 Å². The maximum Gasteiger partial charge on any atom is 0.321 e. The summed E-state index contributed by atoms with van der Waals surface area (Å²) >= 11 is 12.5. The Balaban J connectivity index is 1.51. The molecule has 2 aromatic rings. The molecule has 0 atom stereocenters. The SMILES string of the molecule is CC(C)C1CCC2(CC1)CN(Cc1ccc(Cl)cc1Cl)C(=O)N2Cc1ccc(C(=O)NCCC(=O)O)cc1. The van der Waals surface area contributed by atoms with Crippen molar-refractivity contribution in [1.29, 1.82) is 0 Å². The molecule has 2 fully saturated rings. The number of benzene rings is 2. The maximum atomic E-state index is 13.8. The van der Waals surface area contributed by atoms with Gasteiger partial charge in [-0.2, -0.15) is 0 Å². The number of amides is 3. The van der Waals surface area contributed by atoms with Crippen LogP contribution in [0.4, 0.5) is 4.79 Å². The molecule has 1 saturated carbocycles. The van der Waals surface area contributed by atoms with E-state index < -0.39 is 5.97 Å². The van der Waals surface area contributed by atoms with Crippen molar-refractivity contribution < 1.29 is 19.5 Å². The van der Waals surface area contributed by atoms with Crippen LogP contribution in [0.25, 0.3) is 0 Å². The summed E-state index contributed by atoms with van der Waals surface area (Å²) in [5.74, 6) is 0.0107. The van der Waals surface area contributed by atoms with Crippen molar-refractivity contribution in [2.45, 2.75) is 64.6 Å². The third-order valence-electron chi connectivity index (χ3n) is 8.02. The fourth-order valence-electron chi connectivity index (χ4n) is 5.70. The smallest absolute Gasteiger partial charge is 0.321 e. The van der Waals surface area contributed by atoms with Crippen LogP contribution in [0.15, 0.2) is 42.5 Å². The van der Waals surface area contributed by atoms with Crippen LogP contribution in [0.5, 0.6) is 0 Å². The molecule has 4 rings (SSSR count). The van der Waals surface area contributed by atoms with Gasteiger partial charge < -0.3 is 20.2 Å². The van der Waals surface area contributed by atoms with Gasteiger partial charge >= 0.3 is 12.0 Å². The van der Waals surface area contributed by atoms with Gasteiger partial charge in [0.1, 0.15) is 0 Å². The molecule has 2 N–H and O–H groups in total. The first kappa shape index (κ1) is 28.2. The Hall–Kier alpha value is -2.77. The van der Waals surface area contributed by atoms with Crippen LogP contribution in [0.2, 0.25) is 10.0 Å². The quantitative estimate of drug-likeness (QED) is 0.381. The van der Waals surface area contributed by atoms with Crippen LogP contribution >= 0.6 is 23.2 Å². The van der Waals surface area contributed by atoms with Crippen molar-refractivity contribution in [1.82, 2.24) is 15.1 Å². The van der Waals surface area contributed by atoms with Gasteiger partial charge in [-0.15, -0.1) is 0 Å². The van der Waals surface area contributed by atoms with E-state index >= 15 is 0 Å². The molecule has 0 unspecified atom stereocenters. The molecule has 1 heterocycles. The van der Waals surface area contributed by atoms with Crippen LogP contribution < -0.4 is 5.32 Å². The van der Waals surface area contributed by atoms with E-state index in [4.69, 9.17) is 28.3 Å². The van der Waals surface area contributed by atoms with Crippen LogP contribution in [-0.4, -0.2) is 51.4 Å². The van der Waals surface area contributed by atoms with E-state index in [1.165, 1.54) is 0 Å². The van der Waals surface area contributed by atoms with Gasteiger partial charge in [-0.3, -0.25) is 9.59 Å². The Morgan fingerprint density at radius 3 is 2.37 bits per heavy atom. The Kier molecular flexibility index (Phi) is 8.89. The number of nitrogens with one attached hydrogen (secondary N) is 1. The monoisotopic (exact) mass is 559 g/mol. The van der Waals surface area contributed by atoms with Gasteiger partial charge in [0.05, 0.1) is 12.0 Å². The molecule has 0 aromatic heterocycles. The van der Waals surface area contributed by atoms with Gasteiger partial charge in [0.25, 0.3) is 5.91 Å². The van der Waals surface area contributed by atoms with Crippen molar-refractivity contribution in [3.05, 3.63) is 69.2 Å². The topological polar surface area (TPSA) is 90.0 Å². The number of carbonyl (C=O) groups is 3. The molecule has 1 saturated heterocycles. The summed E-state index contributed by atoms with van der Waals surface area (Å²) in [6.07, 6.45) is 3.96. The van der Waals surface area contributed by atoms with Gasteiger partial charge in [-0.05, 0) is 72.9 Å². The number of aliphatic carboxylic acids is 1. The van der Waals surface area contributed by atoms with Gasteiger partial charge in [-0.1, -0.05) is 55.2 Å². The Labute approximate surface area is 234 Å². The number of nitrogens with zero attached hydrogens (tertiary/aromatic N) is 2. The first-order chi connectivity index (χ1) is 18.1. The van der Waals surface area contributed by atoms with E-state index in [-0.39, 0.29) is 30.4 Å². The standard InChI is InChI=1S/C29H35Cl2N3O4/c1-19(2)21-9-12-29(13-10-21)18-33(17-23-7-8-24(30)15-25(23)31)28(38)34(29)16-20-3-5-22(6-4-20)27(37)32-14-11-26(35)36/h3-8,15,19,21H,9-14,16-18H2,1-2H3,(H,32,37)(H,35,36). The van der Waals surface area contributed by atoms with Crippen LogP contribution in [0, 0.1) is 11.8 Å². The molecule has 1 spiro atoms. The number of hydrogen-bond acceptors (Lipinski definition) is 3. The Morgan fingerprint density at radius 1 is 1.08 bits per heavy atom. The van der Waals surface area contributed by atoms with E-state index in [0.717, 1.165) is 36.8 Å². The number of hydrogen-bond donors (Lipinski definition) is 2. The van der Waals surface area contributed by atoms with E-state index in [9.17, 15) is 14.4 Å². The average Bonchev–Trinajstić information content (AvgIpc) is 3.11. The van der Waals surface area contributed by atoms with Crippen LogP contribution in [0.3, 0.4) is 0 Å². The minimum atomic E-state index is -0.959. The highest BCUT2D eigenvalue weighted by Gasteiger charge is 2.51. The predicted molar refractivity (Wildman–Crippen MR) is 148 cm³/mol. The minimum Gasteiger partial charge on any atom is -0.481 e. The third-order valence-corrected chi connectivity index (χ3v) is 8.61. The van der Waals surface area contributed by atoms with Crippen molar-refractivity contribution in [3.8, 4) is 0 Å². The number of carbonyl (C=O) groups excluding carboxylic acids is 2. The molecule has 0 radical (unpaired) electrons. The fraction of sp³-hybridized carbons (Fsp3) is 0.483. The first-order valence-corrected chi connectivity index (χ1v) is 13.9. The highest BCUT2D eigenvalue weighted by molar-refractivity contribution is 6.35. The second-order valence-electron chi connectivity index (χ2n) is 10.9. The average molecular weight is 561 g/mol. The third kappa shape index (κ3) is 6.44. The minimum absolute atomic E-state index is 0.00509. The zero-order valence-corrected chi connectivity index (χ0v) is 23.4. The zero-order valence-electron chi connectivity index (χ0n) is 21.9. The highest BCUT2D eigenvalue weighted by atomic mass is 35.5. The number of carboxylic acid groups (broad SMARTS) is 1. The number of rotatable bonds is 9. The van der Waals surface area contributed by atoms with E-state index in [1.807, 2.05) is 28.0 Å². The van der Waals surface area contributed by atoms with Gasteiger partial charge in [0.2, 0.25) is 0 Å². The molecule has 2 aliphatic rings. The molecule has 2 aromatic carbocycles. The summed E-state index contributed by atoms with van der Waals surface area (Å²) in [7, 11) is 0.